The van der Waals surface area contributed by atoms with Gasteiger partial charge in [0, 0.05) is 13.2 Å². The van der Waals surface area contributed by atoms with Gasteiger partial charge in [-0.1, -0.05) is 35.5 Å². The maximum absolute atomic E-state index is 12.3. The number of amides is 1. The van der Waals surface area contributed by atoms with Gasteiger partial charge in [0.15, 0.2) is 5.84 Å². The van der Waals surface area contributed by atoms with E-state index in [1.165, 1.54) is 0 Å². The van der Waals surface area contributed by atoms with Crippen molar-refractivity contribution in [1.82, 2.24) is 5.32 Å². The molecule has 2 unspecified atom stereocenters. The zero-order valence-corrected chi connectivity index (χ0v) is 11.9. The van der Waals surface area contributed by atoms with Crippen molar-refractivity contribution in [2.24, 2.45) is 10.9 Å². The van der Waals surface area contributed by atoms with E-state index in [2.05, 4.69) is 10.5 Å². The highest BCUT2D eigenvalue weighted by molar-refractivity contribution is 6.07. The Hall–Kier alpha value is -2.08. The van der Waals surface area contributed by atoms with E-state index < -0.39 is 5.92 Å². The summed E-state index contributed by atoms with van der Waals surface area (Å²) in [6.45, 7) is 1.32. The molecule has 0 radical (unpaired) electrons. The van der Waals surface area contributed by atoms with E-state index in [9.17, 15) is 4.79 Å². The molecule has 6 heteroatoms. The molecule has 0 aliphatic carbocycles. The monoisotopic (exact) mass is 291 g/mol. The lowest BCUT2D eigenvalue weighted by atomic mass is 9.97. The van der Waals surface area contributed by atoms with Gasteiger partial charge in [0.05, 0.1) is 6.10 Å². The second-order valence-electron chi connectivity index (χ2n) is 5.08. The number of nitrogens with zero attached hydrogens (tertiary/aromatic N) is 1. The van der Waals surface area contributed by atoms with E-state index in [0.29, 0.717) is 12.1 Å². The summed E-state index contributed by atoms with van der Waals surface area (Å²) in [5.74, 6) is -1.16. The molecule has 2 rings (SSSR count). The third-order valence-corrected chi connectivity index (χ3v) is 3.60. The molecule has 1 aromatic carbocycles. The first kappa shape index (κ1) is 15.3. The molecule has 1 saturated heterocycles. The van der Waals surface area contributed by atoms with Gasteiger partial charge in [-0.15, -0.1) is 0 Å². The van der Waals surface area contributed by atoms with Crippen LogP contribution in [0.25, 0.3) is 0 Å². The van der Waals surface area contributed by atoms with Gasteiger partial charge < -0.3 is 21.0 Å². The second-order valence-corrected chi connectivity index (χ2v) is 5.08. The summed E-state index contributed by atoms with van der Waals surface area (Å²) < 4.78 is 5.51. The fraction of sp³-hybridized carbons (Fsp3) is 0.467. The first-order chi connectivity index (χ1) is 10.2. The van der Waals surface area contributed by atoms with Crippen LogP contribution in [0.2, 0.25) is 0 Å². The van der Waals surface area contributed by atoms with Gasteiger partial charge in [0.1, 0.15) is 5.92 Å². The molecule has 1 aliphatic heterocycles. The molecule has 0 aromatic heterocycles. The normalized spacial score (nSPS) is 20.2. The van der Waals surface area contributed by atoms with E-state index in [-0.39, 0.29) is 17.8 Å². The summed E-state index contributed by atoms with van der Waals surface area (Å²) in [6, 6.07) is 9.03. The molecule has 2 atom stereocenters. The third-order valence-electron chi connectivity index (χ3n) is 3.60. The molecule has 1 amide bonds. The molecule has 114 valence electrons. The number of nitrogens with one attached hydrogen (secondary N) is 1. The van der Waals surface area contributed by atoms with Crippen LogP contribution in [0.3, 0.4) is 0 Å². The van der Waals surface area contributed by atoms with Crippen molar-refractivity contribution in [2.45, 2.75) is 31.3 Å². The third kappa shape index (κ3) is 4.19. The minimum Gasteiger partial charge on any atom is -0.409 e. The molecule has 1 aliphatic rings. The Morgan fingerprint density at radius 1 is 1.48 bits per heavy atom. The molecule has 1 fully saturated rings. The summed E-state index contributed by atoms with van der Waals surface area (Å²) in [7, 11) is 0. The predicted octanol–water partition coefficient (Wildman–Crippen LogP) is 1.20. The predicted molar refractivity (Wildman–Crippen MR) is 79.2 cm³/mol. The fourth-order valence-corrected chi connectivity index (χ4v) is 2.49. The molecule has 1 aromatic rings. The van der Waals surface area contributed by atoms with Gasteiger partial charge in [-0.2, -0.15) is 0 Å². The van der Waals surface area contributed by atoms with Gasteiger partial charge in [0.25, 0.3) is 0 Å². The van der Waals surface area contributed by atoms with Gasteiger partial charge in [-0.05, 0) is 24.8 Å². The SMILES string of the molecule is NC(=NO)C(C(=O)NCCC1CCCO1)c1ccccc1. The number of hydrogen-bond donors (Lipinski definition) is 3. The Kier molecular flexibility index (Phi) is 5.57. The number of benzene rings is 1. The van der Waals surface area contributed by atoms with Crippen molar-refractivity contribution in [3.8, 4) is 0 Å². The molecule has 21 heavy (non-hydrogen) atoms. The van der Waals surface area contributed by atoms with Gasteiger partial charge in [0.2, 0.25) is 5.91 Å². The Morgan fingerprint density at radius 2 is 2.24 bits per heavy atom. The van der Waals surface area contributed by atoms with Gasteiger partial charge >= 0.3 is 0 Å². The van der Waals surface area contributed by atoms with E-state index in [0.717, 1.165) is 25.9 Å². The van der Waals surface area contributed by atoms with Crippen LogP contribution in [0.5, 0.6) is 0 Å². The molecule has 4 N–H and O–H groups in total. The summed E-state index contributed by atoms with van der Waals surface area (Å²) >= 11 is 0. The van der Waals surface area contributed by atoms with Crippen molar-refractivity contribution in [3.63, 3.8) is 0 Å². The number of oxime groups is 1. The first-order valence-electron chi connectivity index (χ1n) is 7.14. The van der Waals surface area contributed by atoms with Crippen LogP contribution in [-0.2, 0) is 9.53 Å². The van der Waals surface area contributed by atoms with Crippen LogP contribution >= 0.6 is 0 Å². The van der Waals surface area contributed by atoms with Gasteiger partial charge in [-0.25, -0.2) is 0 Å². The topological polar surface area (TPSA) is 96.9 Å². The number of carbonyl (C=O) groups is 1. The number of nitrogens with two attached hydrogens (primary N) is 1. The summed E-state index contributed by atoms with van der Waals surface area (Å²) in [5, 5.41) is 14.7. The number of rotatable bonds is 6. The summed E-state index contributed by atoms with van der Waals surface area (Å²) in [6.07, 6.45) is 3.13. The van der Waals surface area contributed by atoms with Crippen molar-refractivity contribution in [2.75, 3.05) is 13.2 Å². The molecular formula is C15H21N3O3. The average Bonchev–Trinajstić information content (AvgIpc) is 3.01. The molecule has 0 spiro atoms. The molecule has 0 bridgehead atoms. The zero-order chi connectivity index (χ0) is 15.1. The van der Waals surface area contributed by atoms with Crippen LogP contribution in [0.4, 0.5) is 0 Å². The number of ether oxygens (including phenoxy) is 1. The van der Waals surface area contributed by atoms with Crippen molar-refractivity contribution >= 4 is 11.7 Å². The number of carbonyl (C=O) groups excluding carboxylic acids is 1. The zero-order valence-electron chi connectivity index (χ0n) is 11.9. The molecule has 0 saturated carbocycles. The van der Waals surface area contributed by atoms with Crippen LogP contribution < -0.4 is 11.1 Å². The van der Waals surface area contributed by atoms with E-state index in [1.54, 1.807) is 12.1 Å². The lowest BCUT2D eigenvalue weighted by Crippen LogP contribution is -2.38. The lowest BCUT2D eigenvalue weighted by Gasteiger charge is -2.17. The van der Waals surface area contributed by atoms with Crippen molar-refractivity contribution in [3.05, 3.63) is 35.9 Å². The van der Waals surface area contributed by atoms with Crippen molar-refractivity contribution < 1.29 is 14.7 Å². The van der Waals surface area contributed by atoms with E-state index in [1.807, 2.05) is 18.2 Å². The number of amidine groups is 1. The van der Waals surface area contributed by atoms with Crippen LogP contribution in [0.1, 0.15) is 30.7 Å². The van der Waals surface area contributed by atoms with Crippen molar-refractivity contribution in [1.29, 1.82) is 0 Å². The minimum absolute atomic E-state index is 0.115. The quantitative estimate of drug-likeness (QED) is 0.317. The Balaban J connectivity index is 1.95. The largest absolute Gasteiger partial charge is 0.409 e. The minimum atomic E-state index is -0.777. The maximum atomic E-state index is 12.3. The highest BCUT2D eigenvalue weighted by Gasteiger charge is 2.25. The first-order valence-corrected chi connectivity index (χ1v) is 7.14. The van der Waals surface area contributed by atoms with Gasteiger partial charge in [-0.3, -0.25) is 4.79 Å². The number of hydrogen-bond acceptors (Lipinski definition) is 4. The lowest BCUT2D eigenvalue weighted by molar-refractivity contribution is -0.121. The highest BCUT2D eigenvalue weighted by Crippen LogP contribution is 2.17. The van der Waals surface area contributed by atoms with Crippen LogP contribution in [-0.4, -0.2) is 36.2 Å². The Bertz CT molecular complexity index is 484. The van der Waals surface area contributed by atoms with Crippen LogP contribution in [0, 0.1) is 0 Å². The molecular weight excluding hydrogens is 270 g/mol. The van der Waals surface area contributed by atoms with Crippen LogP contribution in [0.15, 0.2) is 35.5 Å². The van der Waals surface area contributed by atoms with E-state index in [4.69, 9.17) is 15.7 Å². The molecule has 1 heterocycles. The fourth-order valence-electron chi connectivity index (χ4n) is 2.49. The van der Waals surface area contributed by atoms with E-state index >= 15 is 0 Å². The second kappa shape index (κ2) is 7.64. The standard InChI is InChI=1S/C15H21N3O3/c16-14(18-20)13(11-5-2-1-3-6-11)15(19)17-9-8-12-7-4-10-21-12/h1-3,5-6,12-13,20H,4,7-10H2,(H2,16,18)(H,17,19). The average molecular weight is 291 g/mol. The highest BCUT2D eigenvalue weighted by atomic mass is 16.5. The summed E-state index contributed by atoms with van der Waals surface area (Å²) in [5.41, 5.74) is 6.36. The molecule has 6 nitrogen and oxygen atoms in total. The summed E-state index contributed by atoms with van der Waals surface area (Å²) in [4.78, 5) is 12.3. The maximum Gasteiger partial charge on any atom is 0.235 e. The Morgan fingerprint density at radius 3 is 2.86 bits per heavy atom. The Labute approximate surface area is 124 Å². The smallest absolute Gasteiger partial charge is 0.235 e.